The minimum absolute atomic E-state index is 0.313. The van der Waals surface area contributed by atoms with E-state index in [0.717, 1.165) is 13.0 Å². The molecule has 1 atom stereocenters. The van der Waals surface area contributed by atoms with Gasteiger partial charge in [0, 0.05) is 12.5 Å². The molecular weight excluding hydrogens is 162 g/mol. The first-order valence-electron chi connectivity index (χ1n) is 5.42. The van der Waals surface area contributed by atoms with E-state index in [1.54, 1.807) is 0 Å². The van der Waals surface area contributed by atoms with Crippen LogP contribution in [0.15, 0.2) is 0 Å². The minimum Gasteiger partial charge on any atom is -0.355 e. The third kappa shape index (κ3) is 1.36. The van der Waals surface area contributed by atoms with Crippen LogP contribution in [0.1, 0.15) is 39.5 Å². The van der Waals surface area contributed by atoms with Gasteiger partial charge in [-0.1, -0.05) is 20.3 Å². The average molecular weight is 181 g/mol. The van der Waals surface area contributed by atoms with Crippen molar-refractivity contribution in [2.24, 2.45) is 17.3 Å². The SMILES string of the molecule is CC(C)CC1C(=O)NCC12CCC2. The number of hydrogen-bond donors (Lipinski definition) is 1. The van der Waals surface area contributed by atoms with Crippen molar-refractivity contribution in [2.45, 2.75) is 39.5 Å². The van der Waals surface area contributed by atoms with Crippen LogP contribution in [0, 0.1) is 17.3 Å². The Balaban J connectivity index is 2.07. The topological polar surface area (TPSA) is 29.1 Å². The van der Waals surface area contributed by atoms with Gasteiger partial charge in [0.15, 0.2) is 0 Å². The average Bonchev–Trinajstić information content (AvgIpc) is 2.27. The van der Waals surface area contributed by atoms with Crippen LogP contribution >= 0.6 is 0 Å². The highest BCUT2D eigenvalue weighted by molar-refractivity contribution is 5.82. The maximum absolute atomic E-state index is 11.6. The van der Waals surface area contributed by atoms with Crippen molar-refractivity contribution < 1.29 is 4.79 Å². The number of carbonyl (C=O) groups is 1. The third-order valence-electron chi connectivity index (χ3n) is 3.73. The predicted octanol–water partition coefficient (Wildman–Crippen LogP) is 1.95. The van der Waals surface area contributed by atoms with Crippen LogP contribution < -0.4 is 5.32 Å². The fourth-order valence-electron chi connectivity index (χ4n) is 2.77. The molecule has 2 nitrogen and oxygen atoms in total. The summed E-state index contributed by atoms with van der Waals surface area (Å²) in [5.41, 5.74) is 0.376. The lowest BCUT2D eigenvalue weighted by Gasteiger charge is -2.42. The molecule has 0 radical (unpaired) electrons. The largest absolute Gasteiger partial charge is 0.355 e. The Morgan fingerprint density at radius 3 is 2.69 bits per heavy atom. The van der Waals surface area contributed by atoms with Crippen LogP contribution in [0.5, 0.6) is 0 Å². The van der Waals surface area contributed by atoms with Gasteiger partial charge < -0.3 is 5.32 Å². The summed E-state index contributed by atoms with van der Waals surface area (Å²) in [7, 11) is 0. The summed E-state index contributed by atoms with van der Waals surface area (Å²) < 4.78 is 0. The lowest BCUT2D eigenvalue weighted by molar-refractivity contribution is -0.125. The molecule has 2 rings (SSSR count). The fraction of sp³-hybridized carbons (Fsp3) is 0.909. The Morgan fingerprint density at radius 2 is 2.23 bits per heavy atom. The van der Waals surface area contributed by atoms with Crippen molar-refractivity contribution in [1.29, 1.82) is 0 Å². The molecule has 13 heavy (non-hydrogen) atoms. The molecule has 0 aromatic rings. The minimum atomic E-state index is 0.313. The lowest BCUT2D eigenvalue weighted by atomic mass is 9.61. The van der Waals surface area contributed by atoms with E-state index >= 15 is 0 Å². The molecule has 0 aromatic carbocycles. The van der Waals surface area contributed by atoms with Crippen molar-refractivity contribution in [3.8, 4) is 0 Å². The van der Waals surface area contributed by atoms with E-state index in [0.29, 0.717) is 23.2 Å². The van der Waals surface area contributed by atoms with Gasteiger partial charge >= 0.3 is 0 Å². The molecule has 2 fully saturated rings. The van der Waals surface area contributed by atoms with E-state index in [2.05, 4.69) is 19.2 Å². The first kappa shape index (κ1) is 9.04. The van der Waals surface area contributed by atoms with E-state index in [9.17, 15) is 4.79 Å². The number of carbonyl (C=O) groups excluding carboxylic acids is 1. The van der Waals surface area contributed by atoms with E-state index in [1.807, 2.05) is 0 Å². The number of amides is 1. The molecule has 1 heterocycles. The number of hydrogen-bond acceptors (Lipinski definition) is 1. The summed E-state index contributed by atoms with van der Waals surface area (Å²) in [6.07, 6.45) is 4.93. The smallest absolute Gasteiger partial charge is 0.223 e. The molecule has 2 aliphatic rings. The normalized spacial score (nSPS) is 30.7. The maximum atomic E-state index is 11.6. The van der Waals surface area contributed by atoms with Crippen LogP contribution in [0.3, 0.4) is 0 Å². The van der Waals surface area contributed by atoms with Gasteiger partial charge in [-0.3, -0.25) is 4.79 Å². The first-order valence-corrected chi connectivity index (χ1v) is 5.42. The van der Waals surface area contributed by atoms with E-state index in [-0.39, 0.29) is 0 Å². The molecule has 1 spiro atoms. The molecule has 1 aliphatic heterocycles. The number of nitrogens with one attached hydrogen (secondary N) is 1. The Kier molecular flexibility index (Phi) is 2.09. The highest BCUT2D eigenvalue weighted by Crippen LogP contribution is 2.51. The summed E-state index contributed by atoms with van der Waals surface area (Å²) in [4.78, 5) is 11.6. The molecule has 0 aromatic heterocycles. The summed E-state index contributed by atoms with van der Waals surface area (Å²) in [6.45, 7) is 5.36. The predicted molar refractivity (Wildman–Crippen MR) is 52.2 cm³/mol. The summed E-state index contributed by atoms with van der Waals surface area (Å²) in [5.74, 6) is 1.28. The van der Waals surface area contributed by atoms with E-state index in [1.165, 1.54) is 19.3 Å². The second-order valence-corrected chi connectivity index (χ2v) is 5.12. The molecule has 1 saturated heterocycles. The zero-order valence-corrected chi connectivity index (χ0v) is 8.60. The zero-order valence-electron chi connectivity index (χ0n) is 8.60. The first-order chi connectivity index (χ1) is 6.14. The van der Waals surface area contributed by atoms with Crippen molar-refractivity contribution in [1.82, 2.24) is 5.32 Å². The van der Waals surface area contributed by atoms with Crippen LogP contribution in [0.2, 0.25) is 0 Å². The monoisotopic (exact) mass is 181 g/mol. The highest BCUT2D eigenvalue weighted by Gasteiger charge is 2.51. The lowest BCUT2D eigenvalue weighted by Crippen LogP contribution is -2.38. The molecule has 1 unspecified atom stereocenters. The van der Waals surface area contributed by atoms with Crippen molar-refractivity contribution in [3.05, 3.63) is 0 Å². The summed E-state index contributed by atoms with van der Waals surface area (Å²) in [6, 6.07) is 0. The second kappa shape index (κ2) is 3.00. The van der Waals surface area contributed by atoms with E-state index in [4.69, 9.17) is 0 Å². The summed E-state index contributed by atoms with van der Waals surface area (Å²) >= 11 is 0. The van der Waals surface area contributed by atoms with Gasteiger partial charge in [-0.15, -0.1) is 0 Å². The second-order valence-electron chi connectivity index (χ2n) is 5.12. The van der Waals surface area contributed by atoms with Crippen LogP contribution in [0.25, 0.3) is 0 Å². The molecule has 1 amide bonds. The van der Waals surface area contributed by atoms with Gasteiger partial charge in [0.05, 0.1) is 0 Å². The molecule has 1 N–H and O–H groups in total. The molecule has 74 valence electrons. The maximum Gasteiger partial charge on any atom is 0.223 e. The molecule has 2 heteroatoms. The Bertz CT molecular complexity index is 218. The third-order valence-corrected chi connectivity index (χ3v) is 3.73. The van der Waals surface area contributed by atoms with Crippen LogP contribution in [-0.4, -0.2) is 12.5 Å². The van der Waals surface area contributed by atoms with Crippen molar-refractivity contribution in [2.75, 3.05) is 6.54 Å². The van der Waals surface area contributed by atoms with E-state index < -0.39 is 0 Å². The molecule has 1 aliphatic carbocycles. The van der Waals surface area contributed by atoms with Gasteiger partial charge in [0.1, 0.15) is 0 Å². The molecular formula is C11H19NO. The van der Waals surface area contributed by atoms with Gasteiger partial charge in [0.25, 0.3) is 0 Å². The zero-order chi connectivity index (χ0) is 9.47. The van der Waals surface area contributed by atoms with Crippen LogP contribution in [0.4, 0.5) is 0 Å². The Morgan fingerprint density at radius 1 is 1.54 bits per heavy atom. The Labute approximate surface area is 80.1 Å². The van der Waals surface area contributed by atoms with Gasteiger partial charge in [-0.05, 0) is 30.6 Å². The number of rotatable bonds is 2. The van der Waals surface area contributed by atoms with Crippen molar-refractivity contribution >= 4 is 5.91 Å². The Hall–Kier alpha value is -0.530. The summed E-state index contributed by atoms with van der Waals surface area (Å²) in [5, 5.41) is 3.03. The fourth-order valence-corrected chi connectivity index (χ4v) is 2.77. The standard InChI is InChI=1S/C11H19NO/c1-8(2)6-9-10(13)12-7-11(9)4-3-5-11/h8-9H,3-7H2,1-2H3,(H,12,13). The molecule has 1 saturated carbocycles. The molecule has 0 bridgehead atoms. The van der Waals surface area contributed by atoms with Crippen molar-refractivity contribution in [3.63, 3.8) is 0 Å². The van der Waals surface area contributed by atoms with Gasteiger partial charge in [0.2, 0.25) is 5.91 Å². The quantitative estimate of drug-likeness (QED) is 0.693. The van der Waals surface area contributed by atoms with Gasteiger partial charge in [-0.2, -0.15) is 0 Å². The highest BCUT2D eigenvalue weighted by atomic mass is 16.2. The van der Waals surface area contributed by atoms with Crippen LogP contribution in [-0.2, 0) is 4.79 Å². The van der Waals surface area contributed by atoms with Gasteiger partial charge in [-0.25, -0.2) is 0 Å².